The average molecular weight is 266 g/mol. The lowest BCUT2D eigenvalue weighted by Crippen LogP contribution is -2.63. The maximum atomic E-state index is 12.2. The minimum absolute atomic E-state index is 0.0594. The molecular weight excluding hydrogens is 248 g/mol. The van der Waals surface area contributed by atoms with E-state index in [0.717, 1.165) is 12.8 Å². The summed E-state index contributed by atoms with van der Waals surface area (Å²) >= 11 is 0. The van der Waals surface area contributed by atoms with Gasteiger partial charge >= 0.3 is 5.97 Å². The Kier molecular flexibility index (Phi) is 2.23. The predicted octanol–water partition coefficient (Wildman–Crippen LogP) is 0.908. The summed E-state index contributed by atoms with van der Waals surface area (Å²) in [6.07, 6.45) is 2.82. The molecule has 5 nitrogen and oxygen atoms in total. The summed E-state index contributed by atoms with van der Waals surface area (Å²) in [6, 6.07) is 0. The maximum Gasteiger partial charge on any atom is 0.312 e. The van der Waals surface area contributed by atoms with Crippen LogP contribution in [-0.4, -0.2) is 37.9 Å². The first kappa shape index (κ1) is 11.9. The Bertz CT molecular complexity index is 453. The molecule has 4 atom stereocenters. The number of hydrogen-bond acceptors (Lipinski definition) is 5. The minimum Gasteiger partial charge on any atom is -0.469 e. The maximum absolute atomic E-state index is 12.2. The van der Waals surface area contributed by atoms with Crippen molar-refractivity contribution >= 4 is 11.8 Å². The van der Waals surface area contributed by atoms with Crippen molar-refractivity contribution in [2.45, 2.75) is 31.5 Å². The molecule has 3 aliphatic carbocycles. The van der Waals surface area contributed by atoms with Crippen LogP contribution in [0.25, 0.3) is 0 Å². The molecule has 0 amide bonds. The predicted molar refractivity (Wildman–Crippen MR) is 63.0 cm³/mol. The van der Waals surface area contributed by atoms with Gasteiger partial charge in [0.1, 0.15) is 5.78 Å². The molecule has 1 heterocycles. The number of ether oxygens (including phenoxy) is 3. The van der Waals surface area contributed by atoms with Crippen molar-refractivity contribution in [1.29, 1.82) is 0 Å². The van der Waals surface area contributed by atoms with Gasteiger partial charge in [0.2, 0.25) is 0 Å². The van der Waals surface area contributed by atoms with Crippen LogP contribution in [0.2, 0.25) is 0 Å². The van der Waals surface area contributed by atoms with E-state index >= 15 is 0 Å². The van der Waals surface area contributed by atoms with Gasteiger partial charge < -0.3 is 14.2 Å². The topological polar surface area (TPSA) is 61.8 Å². The van der Waals surface area contributed by atoms with Gasteiger partial charge in [0.25, 0.3) is 0 Å². The van der Waals surface area contributed by atoms with Gasteiger partial charge in [0.15, 0.2) is 5.79 Å². The quantitative estimate of drug-likeness (QED) is 0.660. The number of carbonyl (C=O) groups excluding carboxylic acids is 2. The van der Waals surface area contributed by atoms with Crippen LogP contribution in [0, 0.1) is 23.2 Å². The van der Waals surface area contributed by atoms with Gasteiger partial charge in [-0.25, -0.2) is 0 Å². The summed E-state index contributed by atoms with van der Waals surface area (Å²) in [4.78, 5) is 24.5. The summed E-state index contributed by atoms with van der Waals surface area (Å²) in [6.45, 7) is 1.19. The third kappa shape index (κ3) is 1.15. The van der Waals surface area contributed by atoms with E-state index in [9.17, 15) is 9.59 Å². The molecule has 1 saturated heterocycles. The van der Waals surface area contributed by atoms with E-state index < -0.39 is 11.2 Å². The number of esters is 1. The highest BCUT2D eigenvalue weighted by Crippen LogP contribution is 2.72. The normalized spacial score (nSPS) is 45.9. The number of ketones is 1. The third-order valence-corrected chi connectivity index (χ3v) is 5.79. The molecule has 0 aromatic heterocycles. The molecular formula is C14H18O5. The molecule has 0 aromatic carbocycles. The van der Waals surface area contributed by atoms with E-state index in [-0.39, 0.29) is 29.5 Å². The first-order valence-corrected chi connectivity index (χ1v) is 7.05. The Hall–Kier alpha value is -0.940. The highest BCUT2D eigenvalue weighted by molar-refractivity contribution is 5.95. The van der Waals surface area contributed by atoms with Crippen molar-refractivity contribution < 1.29 is 23.8 Å². The molecule has 1 aliphatic heterocycles. The van der Waals surface area contributed by atoms with Crippen LogP contribution in [0.4, 0.5) is 0 Å². The van der Waals surface area contributed by atoms with Crippen molar-refractivity contribution in [1.82, 2.24) is 0 Å². The smallest absolute Gasteiger partial charge is 0.312 e. The van der Waals surface area contributed by atoms with Crippen molar-refractivity contribution in [3.63, 3.8) is 0 Å². The fraction of sp³-hybridized carbons (Fsp3) is 0.857. The zero-order valence-electron chi connectivity index (χ0n) is 11.0. The second kappa shape index (κ2) is 3.58. The second-order valence-corrected chi connectivity index (χ2v) is 6.16. The average Bonchev–Trinajstić information content (AvgIpc) is 3.04. The van der Waals surface area contributed by atoms with Crippen molar-refractivity contribution in [3.05, 3.63) is 0 Å². The zero-order chi connectivity index (χ0) is 13.3. The van der Waals surface area contributed by atoms with Gasteiger partial charge in [-0.05, 0) is 18.8 Å². The lowest BCUT2D eigenvalue weighted by Gasteiger charge is -2.55. The minimum atomic E-state index is -0.590. The van der Waals surface area contributed by atoms with E-state index in [4.69, 9.17) is 14.2 Å². The van der Waals surface area contributed by atoms with Crippen LogP contribution in [-0.2, 0) is 23.8 Å². The molecule has 5 heteroatoms. The molecule has 104 valence electrons. The Morgan fingerprint density at radius 2 is 2.05 bits per heavy atom. The van der Waals surface area contributed by atoms with Crippen LogP contribution in [0.5, 0.6) is 0 Å². The van der Waals surface area contributed by atoms with Crippen molar-refractivity contribution in [2.24, 2.45) is 23.2 Å². The van der Waals surface area contributed by atoms with Crippen LogP contribution in [0.1, 0.15) is 25.7 Å². The van der Waals surface area contributed by atoms with Gasteiger partial charge in [0, 0.05) is 24.7 Å². The van der Waals surface area contributed by atoms with E-state index in [1.54, 1.807) is 0 Å². The van der Waals surface area contributed by atoms with Gasteiger partial charge in [-0.3, -0.25) is 9.59 Å². The van der Waals surface area contributed by atoms with E-state index in [2.05, 4.69) is 0 Å². The third-order valence-electron chi connectivity index (χ3n) is 5.79. The second-order valence-electron chi connectivity index (χ2n) is 6.16. The molecule has 19 heavy (non-hydrogen) atoms. The van der Waals surface area contributed by atoms with Crippen LogP contribution < -0.4 is 0 Å². The fourth-order valence-corrected chi connectivity index (χ4v) is 5.20. The highest BCUT2D eigenvalue weighted by Gasteiger charge is 2.79. The van der Waals surface area contributed by atoms with Gasteiger partial charge in [-0.15, -0.1) is 0 Å². The van der Waals surface area contributed by atoms with Crippen LogP contribution >= 0.6 is 0 Å². The first-order chi connectivity index (χ1) is 9.16. The van der Waals surface area contributed by atoms with E-state index in [0.29, 0.717) is 26.1 Å². The van der Waals surface area contributed by atoms with Gasteiger partial charge in [-0.2, -0.15) is 0 Å². The number of methoxy groups -OCH3 is 1. The van der Waals surface area contributed by atoms with Gasteiger partial charge in [0.05, 0.1) is 25.7 Å². The summed E-state index contributed by atoms with van der Waals surface area (Å²) < 4.78 is 16.6. The summed E-state index contributed by atoms with van der Waals surface area (Å²) in [5.41, 5.74) is -0.574. The molecule has 0 aromatic rings. The Morgan fingerprint density at radius 1 is 1.32 bits per heavy atom. The highest BCUT2D eigenvalue weighted by atomic mass is 16.7. The van der Waals surface area contributed by atoms with E-state index in [1.165, 1.54) is 7.11 Å². The van der Waals surface area contributed by atoms with Crippen molar-refractivity contribution in [2.75, 3.05) is 20.3 Å². The Morgan fingerprint density at radius 3 is 2.74 bits per heavy atom. The first-order valence-electron chi connectivity index (χ1n) is 7.05. The number of hydrogen-bond donors (Lipinski definition) is 0. The molecule has 0 N–H and O–H groups in total. The summed E-state index contributed by atoms with van der Waals surface area (Å²) in [5.74, 6) is -0.608. The summed E-state index contributed by atoms with van der Waals surface area (Å²) in [5, 5.41) is 0. The Balaban J connectivity index is 1.74. The molecule has 1 spiro atoms. The number of fused-ring (bicyclic) bond motifs is 5. The standard InChI is InChI=1S/C14H18O5/c1-17-12(16)13-4-3-9(15)11(13)10-8(13)2-5-14(10)18-6-7-19-14/h8,10-11H,2-7H2,1H3/t8-,10+,11-,13-/m1/s1. The molecule has 0 radical (unpaired) electrons. The lowest BCUT2D eigenvalue weighted by molar-refractivity contribution is -0.249. The van der Waals surface area contributed by atoms with Crippen LogP contribution in [0.3, 0.4) is 0 Å². The number of Topliss-reactive ketones (excluding diaryl/α,β-unsaturated/α-hetero) is 1. The summed E-state index contributed by atoms with van der Waals surface area (Å²) in [7, 11) is 1.41. The molecule has 4 fully saturated rings. The van der Waals surface area contributed by atoms with E-state index in [1.807, 2.05) is 0 Å². The van der Waals surface area contributed by atoms with Gasteiger partial charge in [-0.1, -0.05) is 0 Å². The lowest BCUT2D eigenvalue weighted by atomic mass is 9.48. The monoisotopic (exact) mass is 266 g/mol. The molecule has 0 bridgehead atoms. The fourth-order valence-electron chi connectivity index (χ4n) is 5.20. The van der Waals surface area contributed by atoms with Crippen molar-refractivity contribution in [3.8, 4) is 0 Å². The van der Waals surface area contributed by atoms with Crippen LogP contribution in [0.15, 0.2) is 0 Å². The molecule has 4 aliphatic rings. The number of rotatable bonds is 1. The Labute approximate surface area is 111 Å². The largest absolute Gasteiger partial charge is 0.469 e. The zero-order valence-corrected chi connectivity index (χ0v) is 11.0. The SMILES string of the molecule is COC(=O)[C@@]12CCC(=O)[C@@H]1[C@@H]1[C@H]2CCC12OCCO2. The molecule has 4 rings (SSSR count). The number of carbonyl (C=O) groups is 2. The molecule has 0 unspecified atom stereocenters. The molecule has 3 saturated carbocycles.